The van der Waals surface area contributed by atoms with Crippen molar-refractivity contribution < 1.29 is 19.7 Å². The number of aromatic hydroxyl groups is 1. The van der Waals surface area contributed by atoms with Gasteiger partial charge in [-0.2, -0.15) is 0 Å². The largest absolute Gasteiger partial charge is 0.508 e. The van der Waals surface area contributed by atoms with E-state index in [1.54, 1.807) is 32.9 Å². The van der Waals surface area contributed by atoms with Crippen LogP contribution in [0.15, 0.2) is 18.2 Å². The van der Waals surface area contributed by atoms with Gasteiger partial charge in [0.15, 0.2) is 0 Å². The van der Waals surface area contributed by atoms with Gasteiger partial charge in [0.1, 0.15) is 17.0 Å². The van der Waals surface area contributed by atoms with Crippen LogP contribution in [-0.2, 0) is 10.3 Å². The highest BCUT2D eigenvalue weighted by Crippen LogP contribution is 2.34. The highest BCUT2D eigenvalue weighted by atomic mass is 16.6. The molecule has 1 aliphatic rings. The first-order chi connectivity index (χ1) is 9.20. The molecule has 4 N–H and O–H groups in total. The van der Waals surface area contributed by atoms with Crippen LogP contribution in [0.3, 0.4) is 0 Å². The Morgan fingerprint density at radius 2 is 2.05 bits per heavy atom. The first-order valence-corrected chi connectivity index (χ1v) is 6.46. The molecule has 0 spiro atoms. The topological polar surface area (TPSA) is 90.8 Å². The smallest absolute Gasteiger partial charge is 0.412 e. The van der Waals surface area contributed by atoms with Crippen LogP contribution in [0, 0.1) is 0 Å². The normalized spacial score (nSPS) is 17.2. The molecule has 2 rings (SSSR count). The number of hydrogen-bond donors (Lipinski definition) is 4. The molecule has 6 nitrogen and oxygen atoms in total. The fraction of sp³-hybridized carbons (Fsp3) is 0.500. The van der Waals surface area contributed by atoms with Gasteiger partial charge in [-0.15, -0.1) is 0 Å². The number of carbonyl (C=O) groups is 1. The molecule has 1 saturated heterocycles. The van der Waals surface area contributed by atoms with E-state index in [1.165, 1.54) is 6.07 Å². The van der Waals surface area contributed by atoms with E-state index < -0.39 is 17.3 Å². The lowest BCUT2D eigenvalue weighted by atomic mass is 9.87. The lowest BCUT2D eigenvalue weighted by Gasteiger charge is -2.38. The number of amides is 1. The zero-order valence-electron chi connectivity index (χ0n) is 11.9. The van der Waals surface area contributed by atoms with E-state index in [0.29, 0.717) is 24.3 Å². The summed E-state index contributed by atoms with van der Waals surface area (Å²) in [6.45, 7) is 6.07. The van der Waals surface area contributed by atoms with Crippen LogP contribution in [0.25, 0.3) is 0 Å². The molecule has 0 radical (unpaired) electrons. The third-order valence-electron chi connectivity index (χ3n) is 2.98. The van der Waals surface area contributed by atoms with Crippen molar-refractivity contribution in [3.05, 3.63) is 23.8 Å². The number of rotatable bonds is 2. The van der Waals surface area contributed by atoms with Crippen molar-refractivity contribution in [2.75, 3.05) is 18.4 Å². The molecule has 6 heteroatoms. The summed E-state index contributed by atoms with van der Waals surface area (Å²) in [6.07, 6.45) is -0.576. The quantitative estimate of drug-likeness (QED) is 0.617. The van der Waals surface area contributed by atoms with Crippen molar-refractivity contribution in [1.82, 2.24) is 5.32 Å². The number of hydrogen-bond acceptors (Lipinski definition) is 5. The average Bonchev–Trinajstić information content (AvgIpc) is 2.26. The van der Waals surface area contributed by atoms with Gasteiger partial charge in [0.2, 0.25) is 0 Å². The number of β-amino-alcohol motifs (C(OH)–C–C–N with tert-alkyl or cyclic N) is 1. The fourth-order valence-corrected chi connectivity index (χ4v) is 1.96. The lowest BCUT2D eigenvalue weighted by molar-refractivity contribution is -0.0164. The van der Waals surface area contributed by atoms with Crippen molar-refractivity contribution >= 4 is 11.8 Å². The van der Waals surface area contributed by atoms with E-state index in [1.807, 2.05) is 0 Å². The second kappa shape index (κ2) is 4.96. The fourth-order valence-electron chi connectivity index (χ4n) is 1.96. The summed E-state index contributed by atoms with van der Waals surface area (Å²) in [5.74, 6) is 0.00346. The average molecular weight is 280 g/mol. The Morgan fingerprint density at radius 3 is 2.55 bits per heavy atom. The van der Waals surface area contributed by atoms with Crippen LogP contribution in [0.1, 0.15) is 26.3 Å². The summed E-state index contributed by atoms with van der Waals surface area (Å²) in [5.41, 5.74) is -0.812. The van der Waals surface area contributed by atoms with Crippen molar-refractivity contribution in [2.45, 2.75) is 32.0 Å². The Balaban J connectivity index is 2.14. The number of phenolic OH excluding ortho intramolecular Hbond substituents is 1. The van der Waals surface area contributed by atoms with Gasteiger partial charge < -0.3 is 20.3 Å². The SMILES string of the molecule is CC(C)(C)OC(=O)Nc1ccc(O)c(C2(O)CNC2)c1. The van der Waals surface area contributed by atoms with E-state index >= 15 is 0 Å². The summed E-state index contributed by atoms with van der Waals surface area (Å²) in [6, 6.07) is 4.55. The van der Waals surface area contributed by atoms with Gasteiger partial charge in [0.05, 0.1) is 0 Å². The van der Waals surface area contributed by atoms with Gasteiger partial charge in [-0.1, -0.05) is 0 Å². The number of aliphatic hydroxyl groups is 1. The molecule has 0 aromatic heterocycles. The zero-order chi connectivity index (χ0) is 15.0. The number of anilines is 1. The summed E-state index contributed by atoms with van der Waals surface area (Å²) in [7, 11) is 0. The second-order valence-electron chi connectivity index (χ2n) is 5.99. The molecule has 1 fully saturated rings. The predicted octanol–water partition coefficient (Wildman–Crippen LogP) is 1.53. The monoisotopic (exact) mass is 280 g/mol. The van der Waals surface area contributed by atoms with Crippen LogP contribution in [0.2, 0.25) is 0 Å². The molecule has 20 heavy (non-hydrogen) atoms. The Morgan fingerprint density at radius 1 is 1.40 bits per heavy atom. The van der Waals surface area contributed by atoms with Gasteiger partial charge in [-0.05, 0) is 39.0 Å². The zero-order valence-corrected chi connectivity index (χ0v) is 11.9. The minimum absolute atomic E-state index is 0.00346. The van der Waals surface area contributed by atoms with E-state index in [-0.39, 0.29) is 5.75 Å². The highest BCUT2D eigenvalue weighted by molar-refractivity contribution is 5.85. The highest BCUT2D eigenvalue weighted by Gasteiger charge is 2.38. The van der Waals surface area contributed by atoms with Crippen LogP contribution < -0.4 is 10.6 Å². The van der Waals surface area contributed by atoms with Crippen LogP contribution in [0.4, 0.5) is 10.5 Å². The number of ether oxygens (including phenoxy) is 1. The number of benzene rings is 1. The van der Waals surface area contributed by atoms with Gasteiger partial charge in [0, 0.05) is 24.3 Å². The van der Waals surface area contributed by atoms with Gasteiger partial charge in [-0.25, -0.2) is 4.79 Å². The molecule has 0 atom stereocenters. The maximum atomic E-state index is 11.7. The molecule has 0 bridgehead atoms. The molecule has 0 unspecified atom stereocenters. The Bertz CT molecular complexity index is 518. The number of nitrogens with one attached hydrogen (secondary N) is 2. The maximum absolute atomic E-state index is 11.7. The first kappa shape index (κ1) is 14.6. The molecular formula is C14H20N2O4. The molecule has 0 aliphatic carbocycles. The standard InChI is InChI=1S/C14H20N2O4/c1-13(2,3)20-12(18)16-9-4-5-11(17)10(6-9)14(19)7-15-8-14/h4-6,15,17,19H,7-8H2,1-3H3,(H,16,18). The van der Waals surface area contributed by atoms with Crippen LogP contribution in [-0.4, -0.2) is 35.0 Å². The predicted molar refractivity (Wildman–Crippen MR) is 74.7 cm³/mol. The van der Waals surface area contributed by atoms with E-state index in [9.17, 15) is 15.0 Å². The summed E-state index contributed by atoms with van der Waals surface area (Å²) >= 11 is 0. The van der Waals surface area contributed by atoms with Crippen molar-refractivity contribution in [3.8, 4) is 5.75 Å². The maximum Gasteiger partial charge on any atom is 0.412 e. The Hall–Kier alpha value is -1.79. The van der Waals surface area contributed by atoms with Gasteiger partial charge in [0.25, 0.3) is 0 Å². The molecule has 0 saturated carbocycles. The Kier molecular flexibility index (Phi) is 3.62. The first-order valence-electron chi connectivity index (χ1n) is 6.46. The Labute approximate surface area is 117 Å². The number of carbonyl (C=O) groups excluding carboxylic acids is 1. The molecular weight excluding hydrogens is 260 g/mol. The molecule has 110 valence electrons. The lowest BCUT2D eigenvalue weighted by Crippen LogP contribution is -2.56. The summed E-state index contributed by atoms with van der Waals surface area (Å²) in [5, 5.41) is 25.6. The van der Waals surface area contributed by atoms with E-state index in [4.69, 9.17) is 4.74 Å². The van der Waals surface area contributed by atoms with Crippen molar-refractivity contribution in [3.63, 3.8) is 0 Å². The molecule has 1 amide bonds. The second-order valence-corrected chi connectivity index (χ2v) is 5.99. The third kappa shape index (κ3) is 3.20. The summed E-state index contributed by atoms with van der Waals surface area (Å²) in [4.78, 5) is 11.7. The molecule has 1 aliphatic heterocycles. The van der Waals surface area contributed by atoms with E-state index in [2.05, 4.69) is 10.6 Å². The van der Waals surface area contributed by atoms with Crippen LogP contribution in [0.5, 0.6) is 5.75 Å². The third-order valence-corrected chi connectivity index (χ3v) is 2.98. The van der Waals surface area contributed by atoms with Crippen molar-refractivity contribution in [1.29, 1.82) is 0 Å². The molecule has 1 heterocycles. The minimum Gasteiger partial charge on any atom is -0.508 e. The molecule has 1 aromatic carbocycles. The van der Waals surface area contributed by atoms with Gasteiger partial charge in [-0.3, -0.25) is 5.32 Å². The van der Waals surface area contributed by atoms with Gasteiger partial charge >= 0.3 is 6.09 Å². The van der Waals surface area contributed by atoms with E-state index in [0.717, 1.165) is 0 Å². The summed E-state index contributed by atoms with van der Waals surface area (Å²) < 4.78 is 5.15. The molecule has 1 aromatic rings. The van der Waals surface area contributed by atoms with Crippen molar-refractivity contribution in [2.24, 2.45) is 0 Å². The van der Waals surface area contributed by atoms with Crippen LogP contribution >= 0.6 is 0 Å². The minimum atomic E-state index is -1.09. The number of phenols is 1.